The molecule has 1 aliphatic heterocycles. The van der Waals surface area contributed by atoms with E-state index in [-0.39, 0.29) is 5.41 Å². The van der Waals surface area contributed by atoms with E-state index < -0.39 is 0 Å². The second-order valence-electron chi connectivity index (χ2n) is 6.85. The first-order valence-electron chi connectivity index (χ1n) is 8.20. The van der Waals surface area contributed by atoms with E-state index in [0.717, 1.165) is 32.8 Å². The summed E-state index contributed by atoms with van der Waals surface area (Å²) in [6.45, 7) is 11.7. The summed E-state index contributed by atoms with van der Waals surface area (Å²) in [7, 11) is 0. The number of rotatable bonds is 9. The first-order chi connectivity index (χ1) is 10.2. The van der Waals surface area contributed by atoms with Crippen molar-refractivity contribution < 1.29 is 4.74 Å². The molecule has 21 heavy (non-hydrogen) atoms. The van der Waals surface area contributed by atoms with Crippen molar-refractivity contribution in [3.05, 3.63) is 35.9 Å². The Morgan fingerprint density at radius 2 is 1.86 bits per heavy atom. The topological polar surface area (TPSA) is 24.5 Å². The molecule has 1 heterocycles. The van der Waals surface area contributed by atoms with Gasteiger partial charge in [0, 0.05) is 25.0 Å². The van der Waals surface area contributed by atoms with Gasteiger partial charge in [0.2, 0.25) is 0 Å². The highest BCUT2D eigenvalue weighted by molar-refractivity contribution is 5.14. The third-order valence-electron chi connectivity index (χ3n) is 4.02. The number of hydrogen-bond acceptors (Lipinski definition) is 3. The van der Waals surface area contributed by atoms with Gasteiger partial charge in [-0.1, -0.05) is 44.2 Å². The van der Waals surface area contributed by atoms with Crippen LogP contribution in [0.4, 0.5) is 0 Å². The van der Waals surface area contributed by atoms with Gasteiger partial charge in [-0.25, -0.2) is 0 Å². The summed E-state index contributed by atoms with van der Waals surface area (Å²) in [4.78, 5) is 2.50. The molecular weight excluding hydrogens is 260 g/mol. The standard InChI is InChI=1S/C18H30N2O/c1-18(2,15-19-14-17-8-4-3-5-9-17)16-21-13-12-20-10-6-7-11-20/h3-5,8-9,19H,6-7,10-16H2,1-2H3. The number of nitrogens with one attached hydrogen (secondary N) is 1. The molecule has 0 spiro atoms. The minimum atomic E-state index is 0.180. The molecule has 3 nitrogen and oxygen atoms in total. The van der Waals surface area contributed by atoms with E-state index >= 15 is 0 Å². The van der Waals surface area contributed by atoms with Crippen LogP contribution in [0.5, 0.6) is 0 Å². The van der Waals surface area contributed by atoms with Crippen LogP contribution in [0.15, 0.2) is 30.3 Å². The number of ether oxygens (including phenoxy) is 1. The summed E-state index contributed by atoms with van der Waals surface area (Å²) in [5, 5.41) is 3.53. The van der Waals surface area contributed by atoms with Crippen molar-refractivity contribution in [2.24, 2.45) is 5.41 Å². The van der Waals surface area contributed by atoms with Crippen LogP contribution in [0, 0.1) is 5.41 Å². The lowest BCUT2D eigenvalue weighted by Crippen LogP contribution is -2.34. The average Bonchev–Trinajstić information content (AvgIpc) is 2.98. The van der Waals surface area contributed by atoms with Crippen molar-refractivity contribution in [2.75, 3.05) is 39.4 Å². The maximum absolute atomic E-state index is 5.88. The van der Waals surface area contributed by atoms with E-state index in [1.165, 1.54) is 31.5 Å². The van der Waals surface area contributed by atoms with E-state index in [1.54, 1.807) is 0 Å². The molecule has 0 amide bonds. The predicted molar refractivity (Wildman–Crippen MR) is 88.4 cm³/mol. The van der Waals surface area contributed by atoms with Crippen LogP contribution in [-0.2, 0) is 11.3 Å². The van der Waals surface area contributed by atoms with Gasteiger partial charge in [0.25, 0.3) is 0 Å². The molecule has 0 aromatic heterocycles. The first kappa shape index (κ1) is 16.5. The lowest BCUT2D eigenvalue weighted by molar-refractivity contribution is 0.0505. The van der Waals surface area contributed by atoms with Crippen molar-refractivity contribution >= 4 is 0 Å². The van der Waals surface area contributed by atoms with Gasteiger partial charge in [0.15, 0.2) is 0 Å². The maximum Gasteiger partial charge on any atom is 0.0593 e. The van der Waals surface area contributed by atoms with E-state index in [1.807, 2.05) is 0 Å². The molecule has 1 fully saturated rings. The quantitative estimate of drug-likeness (QED) is 0.708. The molecule has 0 saturated carbocycles. The summed E-state index contributed by atoms with van der Waals surface area (Å²) >= 11 is 0. The number of hydrogen-bond donors (Lipinski definition) is 1. The molecule has 0 aliphatic carbocycles. The van der Waals surface area contributed by atoms with Crippen molar-refractivity contribution in [1.29, 1.82) is 0 Å². The Morgan fingerprint density at radius 1 is 1.14 bits per heavy atom. The fourth-order valence-corrected chi connectivity index (χ4v) is 2.74. The van der Waals surface area contributed by atoms with Crippen LogP contribution in [0.2, 0.25) is 0 Å². The molecule has 0 radical (unpaired) electrons. The van der Waals surface area contributed by atoms with Crippen molar-refractivity contribution in [2.45, 2.75) is 33.2 Å². The molecular formula is C18H30N2O. The average molecular weight is 290 g/mol. The Labute approximate surface area is 129 Å². The normalized spacial score (nSPS) is 16.5. The number of nitrogens with zero attached hydrogens (tertiary/aromatic N) is 1. The first-order valence-corrected chi connectivity index (χ1v) is 8.20. The number of benzene rings is 1. The molecule has 1 aromatic carbocycles. The Morgan fingerprint density at radius 3 is 2.57 bits per heavy atom. The van der Waals surface area contributed by atoms with Crippen molar-refractivity contribution in [3.8, 4) is 0 Å². The van der Waals surface area contributed by atoms with Crippen LogP contribution in [0.3, 0.4) is 0 Å². The van der Waals surface area contributed by atoms with E-state index in [2.05, 4.69) is 54.4 Å². The lowest BCUT2D eigenvalue weighted by atomic mass is 9.95. The zero-order valence-corrected chi connectivity index (χ0v) is 13.6. The highest BCUT2D eigenvalue weighted by Gasteiger charge is 2.18. The summed E-state index contributed by atoms with van der Waals surface area (Å²) in [6.07, 6.45) is 2.71. The molecule has 1 saturated heterocycles. The monoisotopic (exact) mass is 290 g/mol. The Balaban J connectivity index is 1.55. The van der Waals surface area contributed by atoms with Crippen LogP contribution < -0.4 is 5.32 Å². The molecule has 3 heteroatoms. The predicted octanol–water partition coefficient (Wildman–Crippen LogP) is 2.91. The Kier molecular flexibility index (Phi) is 6.68. The second-order valence-corrected chi connectivity index (χ2v) is 6.85. The zero-order valence-electron chi connectivity index (χ0n) is 13.6. The van der Waals surface area contributed by atoms with Crippen LogP contribution in [0.25, 0.3) is 0 Å². The lowest BCUT2D eigenvalue weighted by Gasteiger charge is -2.25. The van der Waals surface area contributed by atoms with Crippen LogP contribution in [0.1, 0.15) is 32.3 Å². The van der Waals surface area contributed by atoms with E-state index in [9.17, 15) is 0 Å². The van der Waals surface area contributed by atoms with Gasteiger partial charge in [-0.05, 0) is 31.5 Å². The van der Waals surface area contributed by atoms with Crippen molar-refractivity contribution in [3.63, 3.8) is 0 Å². The van der Waals surface area contributed by atoms with Crippen molar-refractivity contribution in [1.82, 2.24) is 10.2 Å². The molecule has 1 N–H and O–H groups in total. The highest BCUT2D eigenvalue weighted by Crippen LogP contribution is 2.14. The van der Waals surface area contributed by atoms with Crippen LogP contribution >= 0.6 is 0 Å². The zero-order chi connectivity index (χ0) is 15.0. The molecule has 0 bridgehead atoms. The molecule has 1 aliphatic rings. The molecule has 0 unspecified atom stereocenters. The van der Waals surface area contributed by atoms with E-state index in [4.69, 9.17) is 4.74 Å². The number of likely N-dealkylation sites (tertiary alicyclic amines) is 1. The minimum Gasteiger partial charge on any atom is -0.380 e. The van der Waals surface area contributed by atoms with Gasteiger partial charge in [-0.15, -0.1) is 0 Å². The molecule has 0 atom stereocenters. The summed E-state index contributed by atoms with van der Waals surface area (Å²) < 4.78 is 5.88. The third kappa shape index (κ3) is 6.60. The fraction of sp³-hybridized carbons (Fsp3) is 0.667. The van der Waals surface area contributed by atoms with E-state index in [0.29, 0.717) is 0 Å². The van der Waals surface area contributed by atoms with Gasteiger partial charge in [-0.3, -0.25) is 0 Å². The van der Waals surface area contributed by atoms with Gasteiger partial charge in [-0.2, -0.15) is 0 Å². The molecule has 2 rings (SSSR count). The SMILES string of the molecule is CC(C)(CNCc1ccccc1)COCCN1CCCC1. The maximum atomic E-state index is 5.88. The largest absolute Gasteiger partial charge is 0.380 e. The smallest absolute Gasteiger partial charge is 0.0593 e. The third-order valence-corrected chi connectivity index (χ3v) is 4.02. The summed E-state index contributed by atoms with van der Waals surface area (Å²) in [5.74, 6) is 0. The second kappa shape index (κ2) is 8.52. The van der Waals surface area contributed by atoms with Crippen LogP contribution in [-0.4, -0.2) is 44.3 Å². The fourth-order valence-electron chi connectivity index (χ4n) is 2.74. The highest BCUT2D eigenvalue weighted by atomic mass is 16.5. The van der Waals surface area contributed by atoms with Gasteiger partial charge >= 0.3 is 0 Å². The van der Waals surface area contributed by atoms with Gasteiger partial charge in [0.05, 0.1) is 13.2 Å². The molecule has 118 valence electrons. The summed E-state index contributed by atoms with van der Waals surface area (Å²) in [5.41, 5.74) is 1.52. The van der Waals surface area contributed by atoms with Gasteiger partial charge in [0.1, 0.15) is 0 Å². The Bertz CT molecular complexity index is 385. The molecule has 1 aromatic rings. The summed E-state index contributed by atoms with van der Waals surface area (Å²) in [6, 6.07) is 10.5. The van der Waals surface area contributed by atoms with Gasteiger partial charge < -0.3 is 15.0 Å². The Hall–Kier alpha value is -0.900. The minimum absolute atomic E-state index is 0.180.